The van der Waals surface area contributed by atoms with E-state index in [0.29, 0.717) is 11.6 Å². The molecule has 6 nitrogen and oxygen atoms in total. The van der Waals surface area contributed by atoms with Crippen LogP contribution in [0, 0.1) is 6.92 Å². The Hall–Kier alpha value is -2.45. The van der Waals surface area contributed by atoms with E-state index in [1.165, 1.54) is 23.3 Å². The van der Waals surface area contributed by atoms with Gasteiger partial charge >= 0.3 is 0 Å². The van der Waals surface area contributed by atoms with Crippen molar-refractivity contribution in [2.45, 2.75) is 16.4 Å². The summed E-state index contributed by atoms with van der Waals surface area (Å²) in [6.45, 7) is 1.87. The molecule has 0 saturated heterocycles. The number of aryl methyl sites for hydroxylation is 1. The number of para-hydroxylation sites is 1. The summed E-state index contributed by atoms with van der Waals surface area (Å²) in [7, 11) is 0. The Labute approximate surface area is 140 Å². The third kappa shape index (κ3) is 2.78. The fourth-order valence-corrected chi connectivity index (χ4v) is 3.72. The van der Waals surface area contributed by atoms with Crippen molar-refractivity contribution < 1.29 is 4.42 Å². The molecular formula is C15H11N5OS2. The van der Waals surface area contributed by atoms with Gasteiger partial charge in [-0.2, -0.15) is 4.37 Å². The number of nitrogens with zero attached hydrogens (tertiary/aromatic N) is 5. The smallest absolute Gasteiger partial charge is 0.205 e. The van der Waals surface area contributed by atoms with Crippen LogP contribution in [-0.4, -0.2) is 24.1 Å². The zero-order chi connectivity index (χ0) is 15.6. The predicted molar refractivity (Wildman–Crippen MR) is 87.8 cm³/mol. The Balaban J connectivity index is 1.83. The normalized spacial score (nSPS) is 11.0. The first-order chi connectivity index (χ1) is 11.3. The molecular weight excluding hydrogens is 330 g/mol. The van der Waals surface area contributed by atoms with Crippen LogP contribution < -0.4 is 0 Å². The van der Waals surface area contributed by atoms with E-state index in [4.69, 9.17) is 4.42 Å². The van der Waals surface area contributed by atoms with Gasteiger partial charge in [0.1, 0.15) is 5.82 Å². The van der Waals surface area contributed by atoms with Crippen LogP contribution in [0.15, 0.2) is 62.6 Å². The molecule has 0 amide bonds. The summed E-state index contributed by atoms with van der Waals surface area (Å²) in [6, 6.07) is 13.6. The second-order valence-corrected chi connectivity index (χ2v) is 6.63. The first-order valence-corrected chi connectivity index (χ1v) is 8.43. The van der Waals surface area contributed by atoms with E-state index in [0.717, 1.165) is 21.0 Å². The fraction of sp³-hybridized carbons (Fsp3) is 0.0667. The van der Waals surface area contributed by atoms with Gasteiger partial charge in [-0.15, -0.1) is 10.2 Å². The highest BCUT2D eigenvalue weighted by Gasteiger charge is 2.19. The Morgan fingerprint density at radius 3 is 2.65 bits per heavy atom. The quantitative estimate of drug-likeness (QED) is 0.562. The summed E-state index contributed by atoms with van der Waals surface area (Å²) in [6.07, 6.45) is 1.63. The van der Waals surface area contributed by atoms with Crippen LogP contribution in [0.25, 0.3) is 17.3 Å². The molecule has 114 valence electrons. The lowest BCUT2D eigenvalue weighted by Gasteiger charge is -2.07. The summed E-state index contributed by atoms with van der Waals surface area (Å²) in [5.41, 5.74) is 0.965. The standard InChI is InChI=1S/C15H11N5OS2/c1-10-16-15(23-19-10)22-14-18-17-13(12-8-5-9-21-12)20(14)11-6-3-2-4-7-11/h2-9H,1H3. The Bertz CT molecular complexity index is 915. The zero-order valence-electron chi connectivity index (χ0n) is 12.1. The van der Waals surface area contributed by atoms with Crippen molar-refractivity contribution in [3.8, 4) is 17.3 Å². The maximum absolute atomic E-state index is 5.49. The molecule has 1 aromatic carbocycles. The molecule has 4 aromatic rings. The number of rotatable bonds is 4. The van der Waals surface area contributed by atoms with Crippen LogP contribution in [0.3, 0.4) is 0 Å². The monoisotopic (exact) mass is 341 g/mol. The molecule has 0 atom stereocenters. The first kappa shape index (κ1) is 14.2. The van der Waals surface area contributed by atoms with Gasteiger partial charge in [0.05, 0.1) is 6.26 Å². The van der Waals surface area contributed by atoms with Crippen molar-refractivity contribution in [2.75, 3.05) is 0 Å². The van der Waals surface area contributed by atoms with Crippen molar-refractivity contribution in [2.24, 2.45) is 0 Å². The molecule has 0 aliphatic carbocycles. The van der Waals surface area contributed by atoms with Gasteiger partial charge in [0, 0.05) is 5.69 Å². The van der Waals surface area contributed by atoms with E-state index >= 15 is 0 Å². The topological polar surface area (TPSA) is 69.6 Å². The second-order valence-electron chi connectivity index (χ2n) is 4.66. The van der Waals surface area contributed by atoms with E-state index < -0.39 is 0 Å². The maximum Gasteiger partial charge on any atom is 0.205 e. The molecule has 0 aliphatic heterocycles. The number of furan rings is 1. The molecule has 0 saturated carbocycles. The molecule has 0 N–H and O–H groups in total. The van der Waals surface area contributed by atoms with Crippen molar-refractivity contribution in [1.29, 1.82) is 0 Å². The summed E-state index contributed by atoms with van der Waals surface area (Å²) >= 11 is 2.79. The van der Waals surface area contributed by atoms with E-state index in [-0.39, 0.29) is 0 Å². The highest BCUT2D eigenvalue weighted by atomic mass is 32.2. The average molecular weight is 341 g/mol. The van der Waals surface area contributed by atoms with Gasteiger partial charge in [-0.1, -0.05) is 18.2 Å². The molecule has 23 heavy (non-hydrogen) atoms. The molecule has 0 unspecified atom stereocenters. The van der Waals surface area contributed by atoms with E-state index in [1.807, 2.05) is 54.0 Å². The third-order valence-electron chi connectivity index (χ3n) is 3.08. The lowest BCUT2D eigenvalue weighted by molar-refractivity contribution is 0.575. The van der Waals surface area contributed by atoms with Crippen molar-refractivity contribution in [3.63, 3.8) is 0 Å². The average Bonchev–Trinajstić information content (AvgIpc) is 3.29. The van der Waals surface area contributed by atoms with Gasteiger partial charge in [-0.3, -0.25) is 4.57 Å². The molecule has 8 heteroatoms. The van der Waals surface area contributed by atoms with Gasteiger partial charge in [0.2, 0.25) is 11.0 Å². The lowest BCUT2D eigenvalue weighted by atomic mass is 10.3. The van der Waals surface area contributed by atoms with Crippen LogP contribution in [0.1, 0.15) is 5.82 Å². The molecule has 0 bridgehead atoms. The molecule has 3 heterocycles. The molecule has 0 radical (unpaired) electrons. The Morgan fingerprint density at radius 2 is 1.96 bits per heavy atom. The van der Waals surface area contributed by atoms with Gasteiger partial charge in [-0.25, -0.2) is 4.98 Å². The van der Waals surface area contributed by atoms with Crippen molar-refractivity contribution in [1.82, 2.24) is 24.1 Å². The minimum absolute atomic E-state index is 0.657. The van der Waals surface area contributed by atoms with E-state index in [9.17, 15) is 0 Å². The third-order valence-corrected chi connectivity index (χ3v) is 4.87. The van der Waals surface area contributed by atoms with Gasteiger partial charge in [-0.05, 0) is 54.5 Å². The summed E-state index contributed by atoms with van der Waals surface area (Å²) in [4.78, 5) is 4.38. The largest absolute Gasteiger partial charge is 0.461 e. The lowest BCUT2D eigenvalue weighted by Crippen LogP contribution is -1.98. The minimum Gasteiger partial charge on any atom is -0.461 e. The minimum atomic E-state index is 0.657. The van der Waals surface area contributed by atoms with Gasteiger partial charge in [0.15, 0.2) is 10.1 Å². The number of hydrogen-bond acceptors (Lipinski definition) is 7. The Kier molecular flexibility index (Phi) is 3.68. The molecule has 4 rings (SSSR count). The molecule has 0 fully saturated rings. The summed E-state index contributed by atoms with van der Waals surface area (Å²) in [5, 5.41) is 9.32. The van der Waals surface area contributed by atoms with Crippen LogP contribution in [0.5, 0.6) is 0 Å². The Morgan fingerprint density at radius 1 is 1.09 bits per heavy atom. The van der Waals surface area contributed by atoms with Crippen LogP contribution in [0.2, 0.25) is 0 Å². The van der Waals surface area contributed by atoms with Crippen LogP contribution in [0.4, 0.5) is 0 Å². The maximum atomic E-state index is 5.49. The molecule has 0 aliphatic rings. The number of benzene rings is 1. The number of hydrogen-bond donors (Lipinski definition) is 0. The summed E-state index contributed by atoms with van der Waals surface area (Å²) < 4.78 is 12.5. The van der Waals surface area contributed by atoms with E-state index in [2.05, 4.69) is 19.6 Å². The molecule has 3 aromatic heterocycles. The zero-order valence-corrected chi connectivity index (χ0v) is 13.7. The highest BCUT2D eigenvalue weighted by molar-refractivity contribution is 8.00. The first-order valence-electron chi connectivity index (χ1n) is 6.84. The fourth-order valence-electron chi connectivity index (χ4n) is 2.11. The van der Waals surface area contributed by atoms with E-state index in [1.54, 1.807) is 6.26 Å². The SMILES string of the molecule is Cc1nsc(Sc2nnc(-c3ccco3)n2-c2ccccc2)n1. The predicted octanol–water partition coefficient (Wildman–Crippen LogP) is 3.84. The highest BCUT2D eigenvalue weighted by Crippen LogP contribution is 2.32. The van der Waals surface area contributed by atoms with Gasteiger partial charge < -0.3 is 4.42 Å². The van der Waals surface area contributed by atoms with Crippen LogP contribution in [-0.2, 0) is 0 Å². The van der Waals surface area contributed by atoms with Crippen molar-refractivity contribution in [3.05, 3.63) is 54.6 Å². The van der Waals surface area contributed by atoms with Crippen molar-refractivity contribution >= 4 is 23.3 Å². The van der Waals surface area contributed by atoms with Crippen LogP contribution >= 0.6 is 23.3 Å². The van der Waals surface area contributed by atoms with Gasteiger partial charge in [0.25, 0.3) is 0 Å². The number of aromatic nitrogens is 5. The molecule has 0 spiro atoms. The second kappa shape index (κ2) is 5.98. The summed E-state index contributed by atoms with van der Waals surface area (Å²) in [5.74, 6) is 2.08.